The fourth-order valence-electron chi connectivity index (χ4n) is 4.15. The molecule has 7 nitrogen and oxygen atoms in total. The number of rotatable bonds is 5. The van der Waals surface area contributed by atoms with Gasteiger partial charge in [0.25, 0.3) is 11.8 Å². The Balaban J connectivity index is 1.37. The minimum atomic E-state index is -0.928. The number of hydrogen-bond donors (Lipinski definition) is 1. The van der Waals surface area contributed by atoms with Crippen LogP contribution in [0, 0.1) is 6.92 Å². The number of urea groups is 1. The molecule has 0 aliphatic carbocycles. The summed E-state index contributed by atoms with van der Waals surface area (Å²) in [6, 6.07) is 16.6. The molecule has 1 atom stereocenters. The van der Waals surface area contributed by atoms with Gasteiger partial charge in [0.2, 0.25) is 0 Å². The smallest absolute Gasteiger partial charge is 0.325 e. The second-order valence-corrected chi connectivity index (χ2v) is 8.29. The van der Waals surface area contributed by atoms with Gasteiger partial charge >= 0.3 is 6.03 Å². The number of nitrogens with one attached hydrogen (secondary N) is 1. The zero-order valence-electron chi connectivity index (χ0n) is 17.8. The van der Waals surface area contributed by atoms with Crippen LogP contribution in [-0.4, -0.2) is 52.4 Å². The third-order valence-electron chi connectivity index (χ3n) is 6.04. The van der Waals surface area contributed by atoms with E-state index in [4.69, 9.17) is 4.74 Å². The molecule has 1 unspecified atom stereocenters. The van der Waals surface area contributed by atoms with Crippen molar-refractivity contribution in [3.05, 3.63) is 65.7 Å². The van der Waals surface area contributed by atoms with Crippen LogP contribution in [0.5, 0.6) is 5.75 Å². The van der Waals surface area contributed by atoms with Crippen LogP contribution in [0.3, 0.4) is 0 Å². The highest BCUT2D eigenvalue weighted by Gasteiger charge is 2.52. The van der Waals surface area contributed by atoms with Crippen molar-refractivity contribution in [1.82, 2.24) is 15.1 Å². The molecule has 162 valence electrons. The Morgan fingerprint density at radius 3 is 2.35 bits per heavy atom. The molecule has 0 saturated carbocycles. The minimum Gasteiger partial charge on any atom is -0.481 e. The fourth-order valence-corrected chi connectivity index (χ4v) is 4.15. The molecule has 1 spiro atoms. The summed E-state index contributed by atoms with van der Waals surface area (Å²) in [5, 5.41) is 2.90. The van der Waals surface area contributed by atoms with Gasteiger partial charge in [-0.3, -0.25) is 14.5 Å². The molecule has 31 heavy (non-hydrogen) atoms. The van der Waals surface area contributed by atoms with Crippen molar-refractivity contribution in [2.24, 2.45) is 0 Å². The molecule has 0 aromatic heterocycles. The molecule has 2 aliphatic rings. The minimum absolute atomic E-state index is 0.119. The molecule has 4 rings (SSSR count). The number of aryl methyl sites for hydroxylation is 1. The monoisotopic (exact) mass is 421 g/mol. The van der Waals surface area contributed by atoms with Gasteiger partial charge in [-0.2, -0.15) is 0 Å². The third-order valence-corrected chi connectivity index (χ3v) is 6.04. The number of ether oxygens (including phenoxy) is 1. The lowest BCUT2D eigenvalue weighted by atomic mass is 9.87. The van der Waals surface area contributed by atoms with Gasteiger partial charge in [-0.15, -0.1) is 0 Å². The number of amides is 4. The first kappa shape index (κ1) is 20.9. The average molecular weight is 421 g/mol. The highest BCUT2D eigenvalue weighted by Crippen LogP contribution is 2.31. The lowest BCUT2D eigenvalue weighted by molar-refractivity contribution is -0.142. The maximum Gasteiger partial charge on any atom is 0.325 e. The van der Waals surface area contributed by atoms with Crippen molar-refractivity contribution < 1.29 is 19.1 Å². The van der Waals surface area contributed by atoms with E-state index in [1.54, 1.807) is 11.8 Å². The van der Waals surface area contributed by atoms with Crippen molar-refractivity contribution in [2.45, 2.75) is 44.9 Å². The van der Waals surface area contributed by atoms with Crippen molar-refractivity contribution >= 4 is 17.8 Å². The van der Waals surface area contributed by atoms with Gasteiger partial charge < -0.3 is 15.0 Å². The molecule has 2 aromatic rings. The third kappa shape index (κ3) is 4.26. The van der Waals surface area contributed by atoms with Crippen molar-refractivity contribution in [3.63, 3.8) is 0 Å². The Labute approximate surface area is 182 Å². The molecule has 2 aromatic carbocycles. The number of carbonyl (C=O) groups is 3. The van der Waals surface area contributed by atoms with Gasteiger partial charge in [-0.1, -0.05) is 48.0 Å². The number of piperidine rings is 1. The van der Waals surface area contributed by atoms with E-state index in [0.29, 0.717) is 31.7 Å². The molecule has 7 heteroatoms. The summed E-state index contributed by atoms with van der Waals surface area (Å²) in [4.78, 5) is 41.5. The number of benzene rings is 2. The summed E-state index contributed by atoms with van der Waals surface area (Å²) >= 11 is 0. The number of para-hydroxylation sites is 1. The van der Waals surface area contributed by atoms with Crippen molar-refractivity contribution in [2.75, 3.05) is 13.1 Å². The van der Waals surface area contributed by atoms with E-state index in [-0.39, 0.29) is 24.4 Å². The van der Waals surface area contributed by atoms with Gasteiger partial charge in [0.15, 0.2) is 6.10 Å². The van der Waals surface area contributed by atoms with Gasteiger partial charge in [0, 0.05) is 13.1 Å². The van der Waals surface area contributed by atoms with E-state index in [9.17, 15) is 14.4 Å². The number of likely N-dealkylation sites (tertiary alicyclic amines) is 1. The zero-order valence-corrected chi connectivity index (χ0v) is 17.8. The van der Waals surface area contributed by atoms with Gasteiger partial charge in [-0.25, -0.2) is 4.79 Å². The van der Waals surface area contributed by atoms with Crippen LogP contribution in [0.25, 0.3) is 0 Å². The van der Waals surface area contributed by atoms with E-state index < -0.39 is 11.6 Å². The van der Waals surface area contributed by atoms with Crippen LogP contribution in [0.1, 0.15) is 30.9 Å². The summed E-state index contributed by atoms with van der Waals surface area (Å²) in [5.41, 5.74) is 1.10. The molecular weight excluding hydrogens is 394 g/mol. The van der Waals surface area contributed by atoms with E-state index >= 15 is 0 Å². The number of hydrogen-bond acceptors (Lipinski definition) is 4. The molecule has 2 fully saturated rings. The summed E-state index contributed by atoms with van der Waals surface area (Å²) in [6.07, 6.45) is 0.167. The Morgan fingerprint density at radius 2 is 1.71 bits per heavy atom. The van der Waals surface area contributed by atoms with Gasteiger partial charge in [0.05, 0.1) is 6.54 Å². The number of nitrogens with zero attached hydrogens (tertiary/aromatic N) is 2. The van der Waals surface area contributed by atoms with E-state index in [1.807, 2.05) is 61.5 Å². The second kappa shape index (κ2) is 8.41. The second-order valence-electron chi connectivity index (χ2n) is 8.29. The Hall–Kier alpha value is -3.35. The predicted molar refractivity (Wildman–Crippen MR) is 115 cm³/mol. The summed E-state index contributed by atoms with van der Waals surface area (Å²) < 4.78 is 5.74. The fraction of sp³-hybridized carbons (Fsp3) is 0.375. The first-order chi connectivity index (χ1) is 14.9. The van der Waals surface area contributed by atoms with Gasteiger partial charge in [-0.05, 0) is 44.4 Å². The largest absolute Gasteiger partial charge is 0.481 e. The molecule has 2 heterocycles. The van der Waals surface area contributed by atoms with Crippen molar-refractivity contribution in [3.8, 4) is 5.75 Å². The quantitative estimate of drug-likeness (QED) is 0.753. The maximum absolute atomic E-state index is 13.1. The van der Waals surface area contributed by atoms with E-state index in [0.717, 1.165) is 11.1 Å². The van der Waals surface area contributed by atoms with Crippen LogP contribution in [0.15, 0.2) is 54.6 Å². The number of imide groups is 1. The first-order valence-electron chi connectivity index (χ1n) is 10.6. The normalized spacial score (nSPS) is 18.8. The SMILES string of the molecule is Cc1ccc(CN2C(=O)NC3(CCN(C(=O)C(C)Oc4ccccc4)CC3)C2=O)cc1. The maximum atomic E-state index is 13.1. The topological polar surface area (TPSA) is 79.0 Å². The summed E-state index contributed by atoms with van der Waals surface area (Å²) in [7, 11) is 0. The van der Waals surface area contributed by atoms with E-state index in [1.165, 1.54) is 4.90 Å². The molecule has 0 radical (unpaired) electrons. The Morgan fingerprint density at radius 1 is 1.06 bits per heavy atom. The van der Waals surface area contributed by atoms with E-state index in [2.05, 4.69) is 5.32 Å². The van der Waals surface area contributed by atoms with Crippen LogP contribution < -0.4 is 10.1 Å². The standard InChI is InChI=1S/C24H27N3O4/c1-17-8-10-19(11-9-17)16-27-22(29)24(25-23(27)30)12-14-26(15-13-24)21(28)18(2)31-20-6-4-3-5-7-20/h3-11,18H,12-16H2,1-2H3,(H,25,30). The van der Waals surface area contributed by atoms with Crippen LogP contribution in [-0.2, 0) is 16.1 Å². The summed E-state index contributed by atoms with van der Waals surface area (Å²) in [6.45, 7) is 4.76. The number of carbonyl (C=O) groups excluding carboxylic acids is 3. The molecule has 0 bridgehead atoms. The average Bonchev–Trinajstić information content (AvgIpc) is 3.00. The highest BCUT2D eigenvalue weighted by molar-refractivity contribution is 6.07. The Kier molecular flexibility index (Phi) is 5.67. The van der Waals surface area contributed by atoms with Crippen LogP contribution in [0.4, 0.5) is 4.79 Å². The Bertz CT molecular complexity index is 966. The lowest BCUT2D eigenvalue weighted by Crippen LogP contribution is -2.57. The predicted octanol–water partition coefficient (Wildman–Crippen LogP) is 2.88. The summed E-state index contributed by atoms with van der Waals surface area (Å²) in [5.74, 6) is 0.313. The molecule has 2 saturated heterocycles. The zero-order chi connectivity index (χ0) is 22.0. The van der Waals surface area contributed by atoms with Crippen LogP contribution in [0.2, 0.25) is 0 Å². The lowest BCUT2D eigenvalue weighted by Gasteiger charge is -2.38. The molecule has 1 N–H and O–H groups in total. The highest BCUT2D eigenvalue weighted by atomic mass is 16.5. The van der Waals surface area contributed by atoms with Crippen molar-refractivity contribution in [1.29, 1.82) is 0 Å². The molecule has 4 amide bonds. The molecular formula is C24H27N3O4. The van der Waals surface area contributed by atoms with Gasteiger partial charge in [0.1, 0.15) is 11.3 Å². The van der Waals surface area contributed by atoms with Crippen LogP contribution >= 0.6 is 0 Å². The first-order valence-corrected chi connectivity index (χ1v) is 10.6. The molecule has 2 aliphatic heterocycles.